The Kier molecular flexibility index (Phi) is 3.93. The van der Waals surface area contributed by atoms with Crippen LogP contribution in [0.15, 0.2) is 18.6 Å². The maximum atomic E-state index is 5.28. The highest BCUT2D eigenvalue weighted by molar-refractivity contribution is 5.85. The summed E-state index contributed by atoms with van der Waals surface area (Å²) in [7, 11) is 1.98. The van der Waals surface area contributed by atoms with E-state index in [0.717, 1.165) is 43.0 Å². The number of aryl methyl sites for hydroxylation is 1. The molecule has 0 radical (unpaired) electrons. The van der Waals surface area contributed by atoms with Crippen LogP contribution < -0.4 is 5.32 Å². The molecule has 0 bridgehead atoms. The van der Waals surface area contributed by atoms with Gasteiger partial charge in [0.25, 0.3) is 0 Å². The second-order valence-corrected chi connectivity index (χ2v) is 3.86. The van der Waals surface area contributed by atoms with Crippen LogP contribution in [0.25, 0.3) is 11.0 Å². The third kappa shape index (κ3) is 2.74. The van der Waals surface area contributed by atoms with Gasteiger partial charge in [-0.1, -0.05) is 0 Å². The van der Waals surface area contributed by atoms with E-state index in [1.807, 2.05) is 24.6 Å². The van der Waals surface area contributed by atoms with E-state index in [0.29, 0.717) is 0 Å². The van der Waals surface area contributed by atoms with Crippen molar-refractivity contribution in [2.24, 2.45) is 7.05 Å². The molecule has 2 aromatic rings. The Bertz CT molecular complexity index is 480. The van der Waals surface area contributed by atoms with Crippen molar-refractivity contribution in [3.05, 3.63) is 18.6 Å². The Balaban J connectivity index is 1.99. The molecule has 0 spiro atoms. The van der Waals surface area contributed by atoms with Gasteiger partial charge >= 0.3 is 0 Å². The normalized spacial score (nSPS) is 10.9. The van der Waals surface area contributed by atoms with Crippen LogP contribution in [0.2, 0.25) is 0 Å². The maximum absolute atomic E-state index is 5.28. The number of hydrogen-bond donors (Lipinski definition) is 1. The number of hydrogen-bond acceptors (Lipinski definition) is 4. The smallest absolute Gasteiger partial charge is 0.154 e. The average molecular weight is 234 g/mol. The first kappa shape index (κ1) is 11.9. The van der Waals surface area contributed by atoms with Crippen molar-refractivity contribution in [2.75, 3.05) is 25.1 Å². The monoisotopic (exact) mass is 234 g/mol. The Morgan fingerprint density at radius 1 is 1.41 bits per heavy atom. The van der Waals surface area contributed by atoms with Gasteiger partial charge in [0.05, 0.1) is 11.8 Å². The average Bonchev–Trinajstić information content (AvgIpc) is 2.72. The summed E-state index contributed by atoms with van der Waals surface area (Å²) in [6, 6.07) is 1.97. The van der Waals surface area contributed by atoms with Crippen LogP contribution in [-0.4, -0.2) is 34.3 Å². The van der Waals surface area contributed by atoms with Crippen LogP contribution in [0.3, 0.4) is 0 Å². The lowest BCUT2D eigenvalue weighted by atomic mass is 10.3. The second-order valence-electron chi connectivity index (χ2n) is 3.86. The SMILES string of the molecule is CCOCCCNc1nccc2c1ncn2C. The molecule has 5 nitrogen and oxygen atoms in total. The molecule has 0 aliphatic rings. The number of imidazole rings is 1. The summed E-state index contributed by atoms with van der Waals surface area (Å²) in [4.78, 5) is 8.65. The predicted molar refractivity (Wildman–Crippen MR) is 68.1 cm³/mol. The zero-order valence-corrected chi connectivity index (χ0v) is 10.3. The second kappa shape index (κ2) is 5.63. The van der Waals surface area contributed by atoms with Crippen molar-refractivity contribution in [3.63, 3.8) is 0 Å². The fourth-order valence-corrected chi connectivity index (χ4v) is 1.72. The van der Waals surface area contributed by atoms with Gasteiger partial charge in [-0.2, -0.15) is 0 Å². The van der Waals surface area contributed by atoms with E-state index in [2.05, 4.69) is 15.3 Å². The highest BCUT2D eigenvalue weighted by Crippen LogP contribution is 2.18. The Hall–Kier alpha value is -1.62. The van der Waals surface area contributed by atoms with E-state index < -0.39 is 0 Å². The summed E-state index contributed by atoms with van der Waals surface area (Å²) < 4.78 is 7.27. The number of anilines is 1. The number of nitrogens with one attached hydrogen (secondary N) is 1. The highest BCUT2D eigenvalue weighted by atomic mass is 16.5. The van der Waals surface area contributed by atoms with Crippen LogP contribution in [0.5, 0.6) is 0 Å². The van der Waals surface area contributed by atoms with Crippen LogP contribution in [-0.2, 0) is 11.8 Å². The van der Waals surface area contributed by atoms with Gasteiger partial charge in [0.15, 0.2) is 5.82 Å². The van der Waals surface area contributed by atoms with Gasteiger partial charge in [0, 0.05) is 33.0 Å². The Labute approximate surface area is 101 Å². The third-order valence-electron chi connectivity index (χ3n) is 2.61. The summed E-state index contributed by atoms with van der Waals surface area (Å²) >= 11 is 0. The lowest BCUT2D eigenvalue weighted by molar-refractivity contribution is 0.147. The first-order chi connectivity index (χ1) is 8.33. The van der Waals surface area contributed by atoms with Crippen molar-refractivity contribution in [3.8, 4) is 0 Å². The minimum atomic E-state index is 0.772. The zero-order valence-electron chi connectivity index (χ0n) is 10.3. The molecule has 0 unspecified atom stereocenters. The summed E-state index contributed by atoms with van der Waals surface area (Å²) in [5, 5.41) is 3.29. The summed E-state index contributed by atoms with van der Waals surface area (Å²) in [5.74, 6) is 0.847. The van der Waals surface area contributed by atoms with Crippen LogP contribution in [0.1, 0.15) is 13.3 Å². The molecular formula is C12H18N4O. The largest absolute Gasteiger partial charge is 0.382 e. The van der Waals surface area contributed by atoms with Gasteiger partial charge < -0.3 is 14.6 Å². The summed E-state index contributed by atoms with van der Waals surface area (Å²) in [6.45, 7) is 4.40. The number of nitrogens with zero attached hydrogens (tertiary/aromatic N) is 3. The van der Waals surface area contributed by atoms with Crippen LogP contribution in [0.4, 0.5) is 5.82 Å². The molecule has 92 valence electrons. The number of pyridine rings is 1. The van der Waals surface area contributed by atoms with E-state index >= 15 is 0 Å². The van der Waals surface area contributed by atoms with Crippen LogP contribution in [0, 0.1) is 0 Å². The number of fused-ring (bicyclic) bond motifs is 1. The number of ether oxygens (including phenoxy) is 1. The third-order valence-corrected chi connectivity index (χ3v) is 2.61. The molecule has 0 aromatic carbocycles. The molecule has 17 heavy (non-hydrogen) atoms. The molecule has 0 saturated carbocycles. The van der Waals surface area contributed by atoms with E-state index in [-0.39, 0.29) is 0 Å². The molecule has 2 aromatic heterocycles. The first-order valence-corrected chi connectivity index (χ1v) is 5.90. The van der Waals surface area contributed by atoms with E-state index in [4.69, 9.17) is 4.74 Å². The fourth-order valence-electron chi connectivity index (χ4n) is 1.72. The quantitative estimate of drug-likeness (QED) is 0.774. The molecule has 0 aliphatic heterocycles. The molecule has 2 rings (SSSR count). The predicted octanol–water partition coefficient (Wildman–Crippen LogP) is 1.81. The molecule has 0 aliphatic carbocycles. The number of rotatable bonds is 6. The van der Waals surface area contributed by atoms with Crippen molar-refractivity contribution in [2.45, 2.75) is 13.3 Å². The summed E-state index contributed by atoms with van der Waals surface area (Å²) in [5.41, 5.74) is 2.01. The number of aromatic nitrogens is 3. The molecule has 1 N–H and O–H groups in total. The van der Waals surface area contributed by atoms with E-state index in [1.165, 1.54) is 0 Å². The topological polar surface area (TPSA) is 52.0 Å². The highest BCUT2D eigenvalue weighted by Gasteiger charge is 2.05. The van der Waals surface area contributed by atoms with Crippen LogP contribution >= 0.6 is 0 Å². The molecule has 0 saturated heterocycles. The Morgan fingerprint density at radius 3 is 3.12 bits per heavy atom. The molecule has 2 heterocycles. The molecule has 0 amide bonds. The van der Waals surface area contributed by atoms with Gasteiger partial charge in [0.1, 0.15) is 5.52 Å². The minimum Gasteiger partial charge on any atom is -0.382 e. The Morgan fingerprint density at radius 2 is 2.29 bits per heavy atom. The van der Waals surface area contributed by atoms with Crippen molar-refractivity contribution in [1.29, 1.82) is 0 Å². The molecular weight excluding hydrogens is 216 g/mol. The fraction of sp³-hybridized carbons (Fsp3) is 0.500. The van der Waals surface area contributed by atoms with Gasteiger partial charge in [-0.15, -0.1) is 0 Å². The van der Waals surface area contributed by atoms with Gasteiger partial charge in [-0.3, -0.25) is 0 Å². The van der Waals surface area contributed by atoms with Crippen molar-refractivity contribution < 1.29 is 4.74 Å². The van der Waals surface area contributed by atoms with E-state index in [1.54, 1.807) is 12.5 Å². The molecule has 0 fully saturated rings. The lowest BCUT2D eigenvalue weighted by Crippen LogP contribution is -2.07. The van der Waals surface area contributed by atoms with Crippen molar-refractivity contribution in [1.82, 2.24) is 14.5 Å². The maximum Gasteiger partial charge on any atom is 0.154 e. The summed E-state index contributed by atoms with van der Waals surface area (Å²) in [6.07, 6.45) is 4.57. The molecule has 0 atom stereocenters. The minimum absolute atomic E-state index is 0.772. The van der Waals surface area contributed by atoms with Gasteiger partial charge in [0.2, 0.25) is 0 Å². The van der Waals surface area contributed by atoms with Gasteiger partial charge in [-0.05, 0) is 19.4 Å². The lowest BCUT2D eigenvalue weighted by Gasteiger charge is -2.06. The first-order valence-electron chi connectivity index (χ1n) is 5.90. The van der Waals surface area contributed by atoms with E-state index in [9.17, 15) is 0 Å². The van der Waals surface area contributed by atoms with Crippen molar-refractivity contribution >= 4 is 16.9 Å². The standard InChI is InChI=1S/C12H18N4O/c1-3-17-8-4-6-13-12-11-10(5-7-14-12)16(2)9-15-11/h5,7,9H,3-4,6,8H2,1-2H3,(H,13,14). The zero-order chi connectivity index (χ0) is 12.1. The molecule has 5 heteroatoms. The van der Waals surface area contributed by atoms with Gasteiger partial charge in [-0.25, -0.2) is 9.97 Å².